The van der Waals surface area contributed by atoms with Crippen LogP contribution in [0.1, 0.15) is 57.1 Å². The number of hydrogen-bond donors (Lipinski definition) is 2. The highest BCUT2D eigenvalue weighted by atomic mass is 35.5. The number of benzene rings is 2. The minimum atomic E-state index is -4.24. The van der Waals surface area contributed by atoms with E-state index in [9.17, 15) is 18.0 Å². The van der Waals surface area contributed by atoms with E-state index >= 15 is 0 Å². The van der Waals surface area contributed by atoms with Gasteiger partial charge in [0, 0.05) is 36.1 Å². The molecule has 2 aromatic carbocycles. The maximum absolute atomic E-state index is 13.6. The topological polar surface area (TPSA) is 132 Å². The van der Waals surface area contributed by atoms with Gasteiger partial charge in [0.1, 0.15) is 17.5 Å². The molecule has 3 heterocycles. The number of halogens is 1. The van der Waals surface area contributed by atoms with Crippen LogP contribution in [-0.4, -0.2) is 77.7 Å². The summed E-state index contributed by atoms with van der Waals surface area (Å²) >= 11 is 6.43. The lowest BCUT2D eigenvalue weighted by Crippen LogP contribution is -2.50. The summed E-state index contributed by atoms with van der Waals surface area (Å²) < 4.78 is 53.3. The average Bonchev–Trinajstić information content (AvgIpc) is 3.50. The number of alkyl carbamates (subject to hydrolysis) is 1. The molecule has 1 spiro atoms. The van der Waals surface area contributed by atoms with E-state index in [4.69, 9.17) is 30.5 Å². The molecule has 13 heteroatoms. The molecule has 2 amide bonds. The number of ether oxygens (including phenoxy) is 4. The molecule has 264 valence electrons. The standard InChI is InChI=1S/C36H44ClN3O8S/c1-35(2)33(41)39-49(43,44)27-9-12-32-30(18-27)40(21-36(22-46-32)14-3-5-23-17-25(37)8-11-29(23)36)19-24-7-10-28(24)31(6-4-15-47-35)48-34(42)38-26-13-16-45-20-26/h4,6,8-9,11-12,17-18,24,26,28,31H,3,5,7,10,13-16,19-22H2,1-2H3,(H,38,42)(H,39,41)/b6-4+/t24-,26+,28+,31-,36-/m0/s1. The van der Waals surface area contributed by atoms with Crippen molar-refractivity contribution < 1.29 is 37.0 Å². The Labute approximate surface area is 292 Å². The van der Waals surface area contributed by atoms with Crippen molar-refractivity contribution in [1.82, 2.24) is 10.0 Å². The second kappa shape index (κ2) is 13.4. The number of carbonyl (C=O) groups excluding carboxylic acids is 2. The Bertz CT molecular complexity index is 1740. The maximum Gasteiger partial charge on any atom is 0.408 e. The number of fused-ring (bicyclic) bond motifs is 4. The van der Waals surface area contributed by atoms with Crippen molar-refractivity contribution >= 4 is 39.3 Å². The maximum atomic E-state index is 13.6. The number of amides is 2. The minimum Gasteiger partial charge on any atom is -0.490 e. The molecular weight excluding hydrogens is 670 g/mol. The molecule has 2 bridgehead atoms. The van der Waals surface area contributed by atoms with E-state index in [1.807, 2.05) is 18.2 Å². The fourth-order valence-corrected chi connectivity index (χ4v) is 9.17. The van der Waals surface area contributed by atoms with Gasteiger partial charge in [0.2, 0.25) is 0 Å². The Morgan fingerprint density at radius 1 is 1.14 bits per heavy atom. The van der Waals surface area contributed by atoms with E-state index in [0.29, 0.717) is 49.4 Å². The summed E-state index contributed by atoms with van der Waals surface area (Å²) in [5, 5.41) is 3.63. The van der Waals surface area contributed by atoms with Crippen molar-refractivity contribution in [3.8, 4) is 5.75 Å². The van der Waals surface area contributed by atoms with Gasteiger partial charge in [-0.15, -0.1) is 0 Å². The number of aryl methyl sites for hydroxylation is 1. The number of rotatable bonds is 2. The number of nitrogens with zero attached hydrogens (tertiary/aromatic N) is 1. The first-order valence-electron chi connectivity index (χ1n) is 17.2. The summed E-state index contributed by atoms with van der Waals surface area (Å²) in [6, 6.07) is 10.7. The van der Waals surface area contributed by atoms with Crippen molar-refractivity contribution in [2.24, 2.45) is 11.8 Å². The molecular formula is C36H44ClN3O8S. The Hall–Kier alpha value is -3.32. The number of sulfonamides is 1. The first-order chi connectivity index (χ1) is 23.4. The molecule has 0 aromatic heterocycles. The Morgan fingerprint density at radius 3 is 2.78 bits per heavy atom. The van der Waals surface area contributed by atoms with Crippen LogP contribution in [0.5, 0.6) is 5.75 Å². The van der Waals surface area contributed by atoms with E-state index in [1.165, 1.54) is 31.0 Å². The van der Waals surface area contributed by atoms with Crippen LogP contribution in [0.4, 0.5) is 10.5 Å². The molecule has 5 aliphatic rings. The predicted molar refractivity (Wildman–Crippen MR) is 184 cm³/mol. The second-order valence-electron chi connectivity index (χ2n) is 14.5. The molecule has 2 aliphatic carbocycles. The Morgan fingerprint density at radius 2 is 2.00 bits per heavy atom. The van der Waals surface area contributed by atoms with Gasteiger partial charge in [-0.2, -0.15) is 0 Å². The lowest BCUT2D eigenvalue weighted by atomic mass is 9.68. The summed E-state index contributed by atoms with van der Waals surface area (Å²) in [5.74, 6) is -0.0648. The third-order valence-corrected chi connectivity index (χ3v) is 12.4. The van der Waals surface area contributed by atoms with Crippen molar-refractivity contribution in [2.75, 3.05) is 44.4 Å². The molecule has 5 atom stereocenters. The van der Waals surface area contributed by atoms with Gasteiger partial charge in [0.25, 0.3) is 15.9 Å². The number of nitrogens with one attached hydrogen (secondary N) is 2. The third kappa shape index (κ3) is 7.02. The van der Waals surface area contributed by atoms with Crippen LogP contribution < -0.4 is 19.7 Å². The van der Waals surface area contributed by atoms with Crippen LogP contribution in [0.3, 0.4) is 0 Å². The molecule has 49 heavy (non-hydrogen) atoms. The monoisotopic (exact) mass is 713 g/mol. The Balaban J connectivity index is 1.26. The quantitative estimate of drug-likeness (QED) is 0.418. The van der Waals surface area contributed by atoms with Gasteiger partial charge >= 0.3 is 6.09 Å². The number of anilines is 1. The van der Waals surface area contributed by atoms with E-state index in [1.54, 1.807) is 18.2 Å². The van der Waals surface area contributed by atoms with Crippen LogP contribution in [0.2, 0.25) is 5.02 Å². The van der Waals surface area contributed by atoms with Crippen molar-refractivity contribution in [3.05, 3.63) is 64.7 Å². The van der Waals surface area contributed by atoms with Gasteiger partial charge in [-0.3, -0.25) is 4.79 Å². The van der Waals surface area contributed by atoms with Gasteiger partial charge in [0.05, 0.1) is 36.4 Å². The van der Waals surface area contributed by atoms with Gasteiger partial charge in [-0.05, 0) is 106 Å². The molecule has 2 aromatic rings. The van der Waals surface area contributed by atoms with Crippen LogP contribution >= 0.6 is 11.6 Å². The fraction of sp³-hybridized carbons (Fsp3) is 0.556. The lowest BCUT2D eigenvalue weighted by molar-refractivity contribution is -0.139. The van der Waals surface area contributed by atoms with Crippen LogP contribution in [0.15, 0.2) is 53.4 Å². The number of carbonyl (C=O) groups is 2. The highest BCUT2D eigenvalue weighted by Crippen LogP contribution is 2.47. The third-order valence-electron chi connectivity index (χ3n) is 10.8. The van der Waals surface area contributed by atoms with E-state index in [0.717, 1.165) is 38.5 Å². The molecule has 1 saturated carbocycles. The molecule has 2 N–H and O–H groups in total. The molecule has 0 radical (unpaired) electrons. The largest absolute Gasteiger partial charge is 0.490 e. The second-order valence-corrected chi connectivity index (χ2v) is 16.6. The number of hydrogen-bond acceptors (Lipinski definition) is 9. The highest BCUT2D eigenvalue weighted by Gasteiger charge is 2.45. The average molecular weight is 714 g/mol. The summed E-state index contributed by atoms with van der Waals surface area (Å²) in [6.07, 6.45) is 7.84. The van der Waals surface area contributed by atoms with E-state index in [-0.39, 0.29) is 34.8 Å². The first kappa shape index (κ1) is 34.1. The molecule has 2 fully saturated rings. The molecule has 0 unspecified atom stereocenters. The molecule has 7 rings (SSSR count). The SMILES string of the molecule is CC1(C)OC/C=C/[C@H](OC(=O)N[C@@H]2CCOC2)[C@@H]2CC[C@H]2CN2C[C@@]3(CCCc4cc(Cl)ccc43)COc3ccc(cc32)S(=O)(=O)NC1=O. The molecule has 11 nitrogen and oxygen atoms in total. The van der Waals surface area contributed by atoms with Crippen molar-refractivity contribution in [3.63, 3.8) is 0 Å². The zero-order valence-electron chi connectivity index (χ0n) is 27.9. The van der Waals surface area contributed by atoms with Gasteiger partial charge in [0.15, 0.2) is 0 Å². The zero-order chi connectivity index (χ0) is 34.4. The van der Waals surface area contributed by atoms with Gasteiger partial charge < -0.3 is 29.2 Å². The first-order valence-corrected chi connectivity index (χ1v) is 19.0. The summed E-state index contributed by atoms with van der Waals surface area (Å²) in [6.45, 7) is 5.72. The van der Waals surface area contributed by atoms with Gasteiger partial charge in [-0.1, -0.05) is 23.7 Å². The zero-order valence-corrected chi connectivity index (χ0v) is 29.5. The summed E-state index contributed by atoms with van der Waals surface area (Å²) in [7, 11) is -4.24. The van der Waals surface area contributed by atoms with Gasteiger partial charge in [-0.25, -0.2) is 17.9 Å². The Kier molecular flexibility index (Phi) is 9.36. The summed E-state index contributed by atoms with van der Waals surface area (Å²) in [5.41, 5.74) is 1.23. The van der Waals surface area contributed by atoms with Crippen LogP contribution in [0, 0.1) is 11.8 Å². The van der Waals surface area contributed by atoms with Crippen LogP contribution in [-0.2, 0) is 40.9 Å². The normalized spacial score (nSPS) is 31.2. The smallest absolute Gasteiger partial charge is 0.408 e. The van der Waals surface area contributed by atoms with Crippen LogP contribution in [0.25, 0.3) is 0 Å². The fourth-order valence-electron chi connectivity index (χ4n) is 7.86. The molecule has 1 saturated heterocycles. The predicted octanol–water partition coefficient (Wildman–Crippen LogP) is 4.89. The van der Waals surface area contributed by atoms with Crippen molar-refractivity contribution in [2.45, 2.75) is 80.4 Å². The highest BCUT2D eigenvalue weighted by molar-refractivity contribution is 7.90. The minimum absolute atomic E-state index is 0.0129. The van der Waals surface area contributed by atoms with E-state index in [2.05, 4.69) is 21.0 Å². The molecule has 3 aliphatic heterocycles. The lowest BCUT2D eigenvalue weighted by Gasteiger charge is -2.46. The van der Waals surface area contributed by atoms with Crippen molar-refractivity contribution in [1.29, 1.82) is 0 Å². The van der Waals surface area contributed by atoms with E-state index < -0.39 is 33.7 Å². The summed E-state index contributed by atoms with van der Waals surface area (Å²) in [4.78, 5) is 28.5.